The number of ether oxygens (including phenoxy) is 1. The summed E-state index contributed by atoms with van der Waals surface area (Å²) in [5.41, 5.74) is 5.05. The number of nitrogens with zero attached hydrogens (tertiary/aromatic N) is 5. The zero-order valence-electron chi connectivity index (χ0n) is 16.6. The number of azo groups is 2. The quantitative estimate of drug-likeness (QED) is 0.526. The molecule has 0 aliphatic carbocycles. The minimum absolute atomic E-state index is 0.0193. The molecule has 1 aliphatic heterocycles. The normalized spacial score (nSPS) is 14.6. The molecule has 1 N–H and O–H groups in total. The summed E-state index contributed by atoms with van der Waals surface area (Å²) in [5.74, 6) is 0. The molecule has 152 valence electrons. The number of aliphatic hydroxyl groups is 1. The van der Waals surface area contributed by atoms with E-state index in [4.69, 9.17) is 9.84 Å². The van der Waals surface area contributed by atoms with E-state index < -0.39 is 0 Å². The zero-order valence-corrected chi connectivity index (χ0v) is 16.6. The highest BCUT2D eigenvalue weighted by Crippen LogP contribution is 2.25. The van der Waals surface area contributed by atoms with Crippen molar-refractivity contribution < 1.29 is 9.84 Å². The molecule has 0 unspecified atom stereocenters. The van der Waals surface area contributed by atoms with Gasteiger partial charge in [-0.15, -0.1) is 0 Å². The Hall–Kier alpha value is -3.42. The molecule has 0 aromatic heterocycles. The third kappa shape index (κ3) is 5.34. The monoisotopic (exact) mass is 401 g/mol. The van der Waals surface area contributed by atoms with Crippen molar-refractivity contribution in [2.24, 2.45) is 20.5 Å². The fourth-order valence-electron chi connectivity index (χ4n) is 3.04. The fraction of sp³-hybridized carbons (Fsp3) is 0.217. The van der Waals surface area contributed by atoms with Crippen LogP contribution in [0.1, 0.15) is 5.56 Å². The number of anilines is 1. The molecule has 0 atom stereocenters. The summed E-state index contributed by atoms with van der Waals surface area (Å²) in [7, 11) is 0. The van der Waals surface area contributed by atoms with Crippen LogP contribution in [0.3, 0.4) is 0 Å². The van der Waals surface area contributed by atoms with Crippen LogP contribution in [0.2, 0.25) is 0 Å². The lowest BCUT2D eigenvalue weighted by molar-refractivity contribution is 0.122. The predicted molar refractivity (Wildman–Crippen MR) is 117 cm³/mol. The van der Waals surface area contributed by atoms with E-state index in [9.17, 15) is 0 Å². The number of hydrogen-bond acceptors (Lipinski definition) is 7. The third-order valence-electron chi connectivity index (χ3n) is 4.76. The second-order valence-electron chi connectivity index (χ2n) is 6.86. The van der Waals surface area contributed by atoms with Crippen molar-refractivity contribution in [2.75, 3.05) is 31.2 Å². The van der Waals surface area contributed by atoms with Gasteiger partial charge in [0.1, 0.15) is 0 Å². The van der Waals surface area contributed by atoms with Gasteiger partial charge >= 0.3 is 0 Å². The Morgan fingerprint density at radius 1 is 0.633 bits per heavy atom. The van der Waals surface area contributed by atoms with Crippen molar-refractivity contribution in [2.45, 2.75) is 6.61 Å². The molecule has 3 aromatic rings. The van der Waals surface area contributed by atoms with Gasteiger partial charge in [0.2, 0.25) is 0 Å². The summed E-state index contributed by atoms with van der Waals surface area (Å²) in [5, 5.41) is 26.1. The number of benzene rings is 3. The Kier molecular flexibility index (Phi) is 6.54. The van der Waals surface area contributed by atoms with Crippen LogP contribution < -0.4 is 4.90 Å². The molecule has 0 saturated carbocycles. The highest BCUT2D eigenvalue weighted by atomic mass is 16.5. The lowest BCUT2D eigenvalue weighted by Crippen LogP contribution is -2.36. The summed E-state index contributed by atoms with van der Waals surface area (Å²) < 4.78 is 5.39. The Balaban J connectivity index is 1.35. The van der Waals surface area contributed by atoms with Crippen molar-refractivity contribution in [3.05, 3.63) is 78.4 Å². The molecule has 7 heteroatoms. The highest BCUT2D eigenvalue weighted by Gasteiger charge is 2.10. The van der Waals surface area contributed by atoms with Crippen LogP contribution in [0.15, 0.2) is 93.3 Å². The van der Waals surface area contributed by atoms with Crippen molar-refractivity contribution >= 4 is 28.4 Å². The van der Waals surface area contributed by atoms with Gasteiger partial charge in [0.25, 0.3) is 0 Å². The molecule has 0 bridgehead atoms. The molecular weight excluding hydrogens is 378 g/mol. The maximum Gasteiger partial charge on any atom is 0.0858 e. The Labute approximate surface area is 175 Å². The van der Waals surface area contributed by atoms with Gasteiger partial charge in [0.05, 0.1) is 42.6 Å². The molecule has 0 amide bonds. The SMILES string of the molecule is OCc1ccc(N=Nc2ccc(N=Nc3ccc(N4CCOCC4)cc3)cc2)cc1. The second kappa shape index (κ2) is 9.87. The minimum atomic E-state index is 0.0193. The highest BCUT2D eigenvalue weighted by molar-refractivity contribution is 5.53. The van der Waals surface area contributed by atoms with E-state index in [1.165, 1.54) is 5.69 Å². The van der Waals surface area contributed by atoms with Crippen LogP contribution in [-0.2, 0) is 11.3 Å². The van der Waals surface area contributed by atoms with Crippen molar-refractivity contribution in [1.82, 2.24) is 0 Å². The van der Waals surface area contributed by atoms with Gasteiger partial charge in [-0.25, -0.2) is 0 Å². The Morgan fingerprint density at radius 2 is 1.03 bits per heavy atom. The molecule has 30 heavy (non-hydrogen) atoms. The summed E-state index contributed by atoms with van der Waals surface area (Å²) in [4.78, 5) is 2.30. The number of morpholine rings is 1. The molecule has 1 aliphatic rings. The van der Waals surface area contributed by atoms with Crippen molar-refractivity contribution in [1.29, 1.82) is 0 Å². The molecule has 1 fully saturated rings. The van der Waals surface area contributed by atoms with E-state index in [1.54, 1.807) is 0 Å². The summed E-state index contributed by atoms with van der Waals surface area (Å²) >= 11 is 0. The van der Waals surface area contributed by atoms with Gasteiger partial charge in [-0.05, 0) is 66.2 Å². The minimum Gasteiger partial charge on any atom is -0.392 e. The standard InChI is InChI=1S/C23H23N5O2/c29-17-18-1-3-19(4-2-18)24-25-20-5-7-21(8-6-20)26-27-22-9-11-23(12-10-22)28-13-15-30-16-14-28/h1-12,29H,13-17H2. The summed E-state index contributed by atoms with van der Waals surface area (Å²) in [6.45, 7) is 3.39. The first kappa shape index (κ1) is 19.9. The maximum atomic E-state index is 9.07. The zero-order chi connectivity index (χ0) is 20.6. The Morgan fingerprint density at radius 3 is 1.47 bits per heavy atom. The van der Waals surface area contributed by atoms with Crippen LogP contribution in [0.5, 0.6) is 0 Å². The molecule has 0 spiro atoms. The topological polar surface area (TPSA) is 82.1 Å². The first-order valence-electron chi connectivity index (χ1n) is 9.86. The number of aliphatic hydroxyl groups excluding tert-OH is 1. The summed E-state index contributed by atoms with van der Waals surface area (Å²) in [6.07, 6.45) is 0. The lowest BCUT2D eigenvalue weighted by atomic mass is 10.2. The van der Waals surface area contributed by atoms with Gasteiger partial charge in [-0.2, -0.15) is 20.5 Å². The first-order valence-corrected chi connectivity index (χ1v) is 9.86. The van der Waals surface area contributed by atoms with E-state index >= 15 is 0 Å². The smallest absolute Gasteiger partial charge is 0.0858 e. The predicted octanol–water partition coefficient (Wildman–Crippen LogP) is 5.85. The van der Waals surface area contributed by atoms with Gasteiger partial charge in [0, 0.05) is 18.8 Å². The Bertz CT molecular complexity index is 993. The van der Waals surface area contributed by atoms with Crippen LogP contribution in [-0.4, -0.2) is 31.4 Å². The van der Waals surface area contributed by atoms with E-state index in [0.717, 1.165) is 54.6 Å². The largest absolute Gasteiger partial charge is 0.392 e. The van der Waals surface area contributed by atoms with Crippen LogP contribution in [0.4, 0.5) is 28.4 Å². The maximum absolute atomic E-state index is 9.07. The van der Waals surface area contributed by atoms with Crippen LogP contribution in [0, 0.1) is 0 Å². The van der Waals surface area contributed by atoms with E-state index in [0.29, 0.717) is 0 Å². The average Bonchev–Trinajstić information content (AvgIpc) is 2.83. The molecule has 1 heterocycles. The number of hydrogen-bond donors (Lipinski definition) is 1. The molecule has 0 radical (unpaired) electrons. The van der Waals surface area contributed by atoms with Crippen molar-refractivity contribution in [3.8, 4) is 0 Å². The number of rotatable bonds is 6. The van der Waals surface area contributed by atoms with E-state index in [1.807, 2.05) is 60.7 Å². The summed E-state index contributed by atoms with van der Waals surface area (Å²) in [6, 6.07) is 22.8. The van der Waals surface area contributed by atoms with Crippen LogP contribution >= 0.6 is 0 Å². The molecular formula is C23H23N5O2. The molecule has 7 nitrogen and oxygen atoms in total. The van der Waals surface area contributed by atoms with E-state index in [2.05, 4.69) is 37.5 Å². The molecule has 3 aromatic carbocycles. The lowest BCUT2D eigenvalue weighted by Gasteiger charge is -2.28. The van der Waals surface area contributed by atoms with Gasteiger partial charge < -0.3 is 14.7 Å². The second-order valence-corrected chi connectivity index (χ2v) is 6.86. The molecule has 4 rings (SSSR count). The van der Waals surface area contributed by atoms with Crippen molar-refractivity contribution in [3.63, 3.8) is 0 Å². The third-order valence-corrected chi connectivity index (χ3v) is 4.76. The molecule has 1 saturated heterocycles. The fourth-order valence-corrected chi connectivity index (χ4v) is 3.04. The van der Waals surface area contributed by atoms with Gasteiger partial charge in [0.15, 0.2) is 0 Å². The average molecular weight is 401 g/mol. The first-order chi connectivity index (χ1) is 14.8. The van der Waals surface area contributed by atoms with E-state index in [-0.39, 0.29) is 6.61 Å². The van der Waals surface area contributed by atoms with Crippen LogP contribution in [0.25, 0.3) is 0 Å². The van der Waals surface area contributed by atoms with Gasteiger partial charge in [-0.1, -0.05) is 12.1 Å². The van der Waals surface area contributed by atoms with Gasteiger partial charge in [-0.3, -0.25) is 0 Å².